The normalized spacial score (nSPS) is 22.4. The van der Waals surface area contributed by atoms with Gasteiger partial charge < -0.3 is 19.3 Å². The van der Waals surface area contributed by atoms with Crippen molar-refractivity contribution >= 4 is 5.97 Å². The van der Waals surface area contributed by atoms with Gasteiger partial charge in [0.1, 0.15) is 5.75 Å². The molecule has 1 N–H and O–H groups in total. The Labute approximate surface area is 190 Å². The third kappa shape index (κ3) is 4.70. The van der Waals surface area contributed by atoms with Gasteiger partial charge in [-0.2, -0.15) is 0 Å². The number of carboxylic acids is 1. The van der Waals surface area contributed by atoms with Crippen LogP contribution in [-0.2, 0) is 4.79 Å². The van der Waals surface area contributed by atoms with Gasteiger partial charge in [-0.25, -0.2) is 0 Å². The minimum Gasteiger partial charge on any atom is -0.497 e. The molecule has 1 saturated heterocycles. The van der Waals surface area contributed by atoms with Crippen LogP contribution in [0.3, 0.4) is 0 Å². The highest BCUT2D eigenvalue weighted by molar-refractivity contribution is 5.74. The van der Waals surface area contributed by atoms with Crippen LogP contribution in [0.5, 0.6) is 17.2 Å². The van der Waals surface area contributed by atoms with Crippen LogP contribution in [0.15, 0.2) is 42.5 Å². The highest BCUT2D eigenvalue weighted by Gasteiger charge is 2.47. The number of aliphatic carboxylic acids is 1. The molecule has 172 valence electrons. The summed E-state index contributed by atoms with van der Waals surface area (Å²) in [5, 5.41) is 10.3. The second-order valence-electron chi connectivity index (χ2n) is 9.19. The standard InChI is InChI=1S/C26H33NO5/c1-17(2)6-4-5-13-27-15-21(19-9-12-22-23(14-19)32-16-31-22)24(26(28)29)25(27)18-7-10-20(30-3)11-8-18/h7-12,14,17,21,24-25H,4-6,13,15-16H2,1-3H3,(H,28,29)/t21-,24+,25-/m1/s1. The number of carboxylic acid groups (broad SMARTS) is 1. The predicted octanol–water partition coefficient (Wildman–Crippen LogP) is 5.09. The lowest BCUT2D eigenvalue weighted by Gasteiger charge is -2.27. The summed E-state index contributed by atoms with van der Waals surface area (Å²) in [6.45, 7) is 6.28. The summed E-state index contributed by atoms with van der Waals surface area (Å²) in [5.74, 6) is 1.43. The Kier molecular flexibility index (Phi) is 6.89. The minimum absolute atomic E-state index is 0.126. The fraction of sp³-hybridized carbons (Fsp3) is 0.500. The molecule has 4 rings (SSSR count). The van der Waals surface area contributed by atoms with E-state index >= 15 is 0 Å². The fourth-order valence-corrected chi connectivity index (χ4v) is 5.01. The van der Waals surface area contributed by atoms with E-state index in [2.05, 4.69) is 18.7 Å². The number of unbranched alkanes of at least 4 members (excludes halogenated alkanes) is 1. The van der Waals surface area contributed by atoms with Gasteiger partial charge in [-0.1, -0.05) is 44.9 Å². The van der Waals surface area contributed by atoms with E-state index in [-0.39, 0.29) is 18.8 Å². The molecule has 0 aliphatic carbocycles. The zero-order chi connectivity index (χ0) is 22.7. The Morgan fingerprint density at radius 3 is 2.50 bits per heavy atom. The average Bonchev–Trinajstić information content (AvgIpc) is 3.40. The highest BCUT2D eigenvalue weighted by Crippen LogP contribution is 2.48. The van der Waals surface area contributed by atoms with E-state index in [4.69, 9.17) is 14.2 Å². The molecule has 0 saturated carbocycles. The molecule has 2 aromatic rings. The molecule has 0 spiro atoms. The Hall–Kier alpha value is -2.73. The summed E-state index contributed by atoms with van der Waals surface area (Å²) in [7, 11) is 1.64. The third-order valence-electron chi connectivity index (χ3n) is 6.64. The van der Waals surface area contributed by atoms with Crippen LogP contribution < -0.4 is 14.2 Å². The summed E-state index contributed by atoms with van der Waals surface area (Å²) < 4.78 is 16.3. The largest absolute Gasteiger partial charge is 0.497 e. The number of hydrogen-bond donors (Lipinski definition) is 1. The van der Waals surface area contributed by atoms with Gasteiger partial charge in [0.15, 0.2) is 11.5 Å². The van der Waals surface area contributed by atoms with Gasteiger partial charge in [0, 0.05) is 18.5 Å². The smallest absolute Gasteiger partial charge is 0.309 e. The lowest BCUT2D eigenvalue weighted by Crippen LogP contribution is -2.29. The lowest BCUT2D eigenvalue weighted by molar-refractivity contribution is -0.143. The van der Waals surface area contributed by atoms with Gasteiger partial charge in [-0.3, -0.25) is 9.69 Å². The van der Waals surface area contributed by atoms with Crippen LogP contribution in [0.2, 0.25) is 0 Å². The van der Waals surface area contributed by atoms with Gasteiger partial charge in [-0.05, 0) is 54.3 Å². The van der Waals surface area contributed by atoms with Gasteiger partial charge in [0.05, 0.1) is 13.0 Å². The maximum Gasteiger partial charge on any atom is 0.309 e. The van der Waals surface area contributed by atoms with Crippen molar-refractivity contribution in [3.05, 3.63) is 53.6 Å². The van der Waals surface area contributed by atoms with Crippen LogP contribution in [0.25, 0.3) is 0 Å². The molecular weight excluding hydrogens is 406 g/mol. The first kappa shape index (κ1) is 22.5. The molecule has 6 nitrogen and oxygen atoms in total. The van der Waals surface area contributed by atoms with Crippen LogP contribution in [0, 0.1) is 11.8 Å². The van der Waals surface area contributed by atoms with E-state index in [0.29, 0.717) is 18.2 Å². The molecule has 32 heavy (non-hydrogen) atoms. The molecule has 2 aliphatic heterocycles. The van der Waals surface area contributed by atoms with Crippen molar-refractivity contribution in [2.24, 2.45) is 11.8 Å². The monoisotopic (exact) mass is 439 g/mol. The van der Waals surface area contributed by atoms with E-state index in [9.17, 15) is 9.90 Å². The average molecular weight is 440 g/mol. The number of methoxy groups -OCH3 is 1. The number of nitrogens with zero attached hydrogens (tertiary/aromatic N) is 1. The second kappa shape index (κ2) is 9.82. The number of likely N-dealkylation sites (tertiary alicyclic amines) is 1. The SMILES string of the molecule is COc1ccc([C@@H]2[C@@H](C(=O)O)[C@@H](c3ccc4c(c3)OCO4)CN2CCCCC(C)C)cc1. The topological polar surface area (TPSA) is 68.2 Å². The van der Waals surface area contributed by atoms with Crippen molar-refractivity contribution in [2.45, 2.75) is 45.1 Å². The molecule has 2 heterocycles. The van der Waals surface area contributed by atoms with Gasteiger partial charge in [0.2, 0.25) is 6.79 Å². The number of fused-ring (bicyclic) bond motifs is 1. The summed E-state index contributed by atoms with van der Waals surface area (Å²) in [6, 6.07) is 13.5. The van der Waals surface area contributed by atoms with Crippen LogP contribution in [0.4, 0.5) is 0 Å². The quantitative estimate of drug-likeness (QED) is 0.549. The second-order valence-corrected chi connectivity index (χ2v) is 9.19. The van der Waals surface area contributed by atoms with Gasteiger partial charge >= 0.3 is 5.97 Å². The first-order valence-corrected chi connectivity index (χ1v) is 11.5. The summed E-state index contributed by atoms with van der Waals surface area (Å²) in [4.78, 5) is 14.9. The maximum atomic E-state index is 12.6. The highest BCUT2D eigenvalue weighted by atomic mass is 16.7. The fourth-order valence-electron chi connectivity index (χ4n) is 5.01. The van der Waals surface area contributed by atoms with Gasteiger partial charge in [0.25, 0.3) is 0 Å². The van der Waals surface area contributed by atoms with E-state index in [0.717, 1.165) is 42.0 Å². The maximum absolute atomic E-state index is 12.6. The molecule has 0 aromatic heterocycles. The molecule has 1 fully saturated rings. The summed E-state index contributed by atoms with van der Waals surface area (Å²) in [6.07, 6.45) is 3.40. The van der Waals surface area contributed by atoms with Crippen molar-refractivity contribution in [1.29, 1.82) is 0 Å². The third-order valence-corrected chi connectivity index (χ3v) is 6.64. The first-order chi connectivity index (χ1) is 15.5. The zero-order valence-corrected chi connectivity index (χ0v) is 19.1. The number of benzene rings is 2. The molecule has 0 unspecified atom stereocenters. The summed E-state index contributed by atoms with van der Waals surface area (Å²) in [5.41, 5.74) is 2.01. The Morgan fingerprint density at radius 1 is 1.09 bits per heavy atom. The molecule has 2 aliphatic rings. The first-order valence-electron chi connectivity index (χ1n) is 11.5. The summed E-state index contributed by atoms with van der Waals surface area (Å²) >= 11 is 0. The van der Waals surface area contributed by atoms with E-state index in [1.165, 1.54) is 6.42 Å². The molecule has 3 atom stereocenters. The Bertz CT molecular complexity index is 926. The van der Waals surface area contributed by atoms with Crippen molar-refractivity contribution < 1.29 is 24.1 Å². The van der Waals surface area contributed by atoms with Crippen molar-refractivity contribution in [3.63, 3.8) is 0 Å². The Balaban J connectivity index is 1.64. The Morgan fingerprint density at radius 2 is 1.81 bits per heavy atom. The van der Waals surface area contributed by atoms with Crippen molar-refractivity contribution in [1.82, 2.24) is 4.90 Å². The minimum atomic E-state index is -0.766. The molecule has 2 aromatic carbocycles. The van der Waals surface area contributed by atoms with Gasteiger partial charge in [-0.15, -0.1) is 0 Å². The van der Waals surface area contributed by atoms with E-state index < -0.39 is 11.9 Å². The molecule has 0 amide bonds. The lowest BCUT2D eigenvalue weighted by atomic mass is 9.82. The van der Waals surface area contributed by atoms with Crippen LogP contribution in [-0.4, -0.2) is 43.0 Å². The predicted molar refractivity (Wildman–Crippen MR) is 122 cm³/mol. The molecule has 6 heteroatoms. The van der Waals surface area contributed by atoms with Crippen LogP contribution >= 0.6 is 0 Å². The number of rotatable bonds is 9. The van der Waals surface area contributed by atoms with E-state index in [1.807, 2.05) is 42.5 Å². The number of carbonyl (C=O) groups is 1. The number of ether oxygens (including phenoxy) is 3. The van der Waals surface area contributed by atoms with Crippen molar-refractivity contribution in [2.75, 3.05) is 27.0 Å². The molecule has 0 radical (unpaired) electrons. The van der Waals surface area contributed by atoms with E-state index in [1.54, 1.807) is 7.11 Å². The molecular formula is C26H33NO5. The number of hydrogen-bond acceptors (Lipinski definition) is 5. The molecule has 0 bridgehead atoms. The zero-order valence-electron chi connectivity index (χ0n) is 19.1. The van der Waals surface area contributed by atoms with Crippen LogP contribution in [0.1, 0.15) is 56.2 Å². The van der Waals surface area contributed by atoms with Crippen molar-refractivity contribution in [3.8, 4) is 17.2 Å².